The van der Waals surface area contributed by atoms with Gasteiger partial charge in [-0.05, 0) is 19.0 Å². The van der Waals surface area contributed by atoms with Crippen LogP contribution in [0.15, 0.2) is 18.5 Å². The number of hydrogen-bond donors (Lipinski definition) is 1. The fourth-order valence-electron chi connectivity index (χ4n) is 2.05. The number of hydrogen-bond acceptors (Lipinski definition) is 4. The van der Waals surface area contributed by atoms with Crippen molar-refractivity contribution < 1.29 is 9.53 Å². The lowest BCUT2D eigenvalue weighted by molar-refractivity contribution is 0.0740. The average molecular weight is 235 g/mol. The second-order valence-corrected chi connectivity index (χ2v) is 4.14. The summed E-state index contributed by atoms with van der Waals surface area (Å²) >= 11 is 0. The Bertz CT molecular complexity index is 402. The summed E-state index contributed by atoms with van der Waals surface area (Å²) in [5, 5.41) is 3.25. The van der Waals surface area contributed by atoms with Crippen LogP contribution in [0.3, 0.4) is 0 Å². The first-order valence-corrected chi connectivity index (χ1v) is 5.70. The maximum Gasteiger partial charge on any atom is 0.257 e. The van der Waals surface area contributed by atoms with Crippen molar-refractivity contribution in [2.45, 2.75) is 12.5 Å². The molecule has 1 aromatic rings. The number of methoxy groups -OCH3 is 1. The highest BCUT2D eigenvalue weighted by atomic mass is 16.5. The molecule has 5 nitrogen and oxygen atoms in total. The maximum absolute atomic E-state index is 12.3. The number of amides is 1. The summed E-state index contributed by atoms with van der Waals surface area (Å²) in [5.74, 6) is 0.508. The maximum atomic E-state index is 12.3. The quantitative estimate of drug-likeness (QED) is 0.830. The minimum atomic E-state index is -0.0158. The van der Waals surface area contributed by atoms with Crippen molar-refractivity contribution in [3.8, 4) is 5.75 Å². The molecule has 1 unspecified atom stereocenters. The summed E-state index contributed by atoms with van der Waals surface area (Å²) in [6.45, 7) is 1.82. The molecule has 1 saturated heterocycles. The van der Waals surface area contributed by atoms with E-state index in [9.17, 15) is 4.79 Å². The molecule has 17 heavy (non-hydrogen) atoms. The highest BCUT2D eigenvalue weighted by Crippen LogP contribution is 2.19. The third-order valence-corrected chi connectivity index (χ3v) is 3.14. The van der Waals surface area contributed by atoms with Gasteiger partial charge in [-0.3, -0.25) is 9.78 Å². The molecule has 1 amide bonds. The number of nitrogens with one attached hydrogen (secondary N) is 1. The Morgan fingerprint density at radius 1 is 1.65 bits per heavy atom. The number of nitrogens with zero attached hydrogens (tertiary/aromatic N) is 2. The summed E-state index contributed by atoms with van der Waals surface area (Å²) < 4.78 is 5.15. The van der Waals surface area contributed by atoms with Gasteiger partial charge >= 0.3 is 0 Å². The zero-order chi connectivity index (χ0) is 12.3. The molecule has 92 valence electrons. The molecule has 1 fully saturated rings. The van der Waals surface area contributed by atoms with E-state index in [4.69, 9.17) is 4.74 Å². The fourth-order valence-corrected chi connectivity index (χ4v) is 2.05. The Kier molecular flexibility index (Phi) is 3.58. The average Bonchev–Trinajstić information content (AvgIpc) is 2.90. The van der Waals surface area contributed by atoms with Crippen LogP contribution in [0.4, 0.5) is 0 Å². The van der Waals surface area contributed by atoms with Gasteiger partial charge in [-0.1, -0.05) is 0 Å². The molecule has 2 rings (SSSR count). The molecule has 0 aliphatic carbocycles. The highest BCUT2D eigenvalue weighted by molar-refractivity contribution is 5.96. The van der Waals surface area contributed by atoms with E-state index in [-0.39, 0.29) is 11.9 Å². The molecule has 0 radical (unpaired) electrons. The summed E-state index contributed by atoms with van der Waals surface area (Å²) in [4.78, 5) is 18.0. The van der Waals surface area contributed by atoms with Crippen LogP contribution in [-0.2, 0) is 0 Å². The van der Waals surface area contributed by atoms with Gasteiger partial charge in [0.15, 0.2) is 0 Å². The molecule has 1 aliphatic rings. The normalized spacial score (nSPS) is 19.1. The Labute approximate surface area is 101 Å². The van der Waals surface area contributed by atoms with E-state index in [0.717, 1.165) is 19.5 Å². The van der Waals surface area contributed by atoms with Gasteiger partial charge in [-0.15, -0.1) is 0 Å². The van der Waals surface area contributed by atoms with Crippen LogP contribution in [0.25, 0.3) is 0 Å². The van der Waals surface area contributed by atoms with Crippen LogP contribution in [0, 0.1) is 0 Å². The first kappa shape index (κ1) is 11.9. The van der Waals surface area contributed by atoms with Crippen molar-refractivity contribution in [3.05, 3.63) is 24.0 Å². The number of pyridine rings is 1. The molecule has 1 atom stereocenters. The van der Waals surface area contributed by atoms with E-state index in [1.807, 2.05) is 7.05 Å². The molecule has 0 bridgehead atoms. The number of carbonyl (C=O) groups excluding carboxylic acids is 1. The predicted molar refractivity (Wildman–Crippen MR) is 64.2 cm³/mol. The molecular formula is C12H17N3O2. The van der Waals surface area contributed by atoms with Gasteiger partial charge < -0.3 is 15.0 Å². The highest BCUT2D eigenvalue weighted by Gasteiger charge is 2.25. The van der Waals surface area contributed by atoms with Crippen LogP contribution in [0.2, 0.25) is 0 Å². The van der Waals surface area contributed by atoms with Gasteiger partial charge in [0, 0.05) is 25.8 Å². The number of aromatic nitrogens is 1. The van der Waals surface area contributed by atoms with Crippen molar-refractivity contribution in [2.75, 3.05) is 27.2 Å². The van der Waals surface area contributed by atoms with Crippen molar-refractivity contribution in [3.63, 3.8) is 0 Å². The van der Waals surface area contributed by atoms with Crippen LogP contribution < -0.4 is 10.1 Å². The summed E-state index contributed by atoms with van der Waals surface area (Å²) in [5.41, 5.74) is 0.567. The molecule has 0 aromatic carbocycles. The molecule has 1 aliphatic heterocycles. The third-order valence-electron chi connectivity index (χ3n) is 3.14. The lowest BCUT2D eigenvalue weighted by Gasteiger charge is -2.24. The molecular weight excluding hydrogens is 218 g/mol. The lowest BCUT2D eigenvalue weighted by Crippen LogP contribution is -2.38. The number of likely N-dealkylation sites (N-methyl/N-ethyl adjacent to an activating group) is 1. The fraction of sp³-hybridized carbons (Fsp3) is 0.500. The summed E-state index contributed by atoms with van der Waals surface area (Å²) in [7, 11) is 3.38. The predicted octanol–water partition coefficient (Wildman–Crippen LogP) is 0.524. The van der Waals surface area contributed by atoms with Gasteiger partial charge in [-0.25, -0.2) is 0 Å². The monoisotopic (exact) mass is 235 g/mol. The Morgan fingerprint density at radius 3 is 3.12 bits per heavy atom. The van der Waals surface area contributed by atoms with Gasteiger partial charge in [0.25, 0.3) is 5.91 Å². The van der Waals surface area contributed by atoms with Gasteiger partial charge in [-0.2, -0.15) is 0 Å². The second-order valence-electron chi connectivity index (χ2n) is 4.14. The second kappa shape index (κ2) is 5.14. The van der Waals surface area contributed by atoms with Crippen LogP contribution in [0.5, 0.6) is 5.75 Å². The zero-order valence-corrected chi connectivity index (χ0v) is 10.1. The summed E-state index contributed by atoms with van der Waals surface area (Å²) in [6.07, 6.45) is 4.17. The summed E-state index contributed by atoms with van der Waals surface area (Å²) in [6, 6.07) is 1.96. The van der Waals surface area contributed by atoms with Crippen molar-refractivity contribution >= 4 is 5.91 Å². The minimum absolute atomic E-state index is 0.0158. The van der Waals surface area contributed by atoms with E-state index in [1.54, 1.807) is 30.5 Å². The van der Waals surface area contributed by atoms with E-state index in [0.29, 0.717) is 11.3 Å². The minimum Gasteiger partial charge on any atom is -0.494 e. The number of rotatable bonds is 3. The van der Waals surface area contributed by atoms with Crippen molar-refractivity contribution in [1.29, 1.82) is 0 Å². The number of carbonyl (C=O) groups is 1. The van der Waals surface area contributed by atoms with Crippen LogP contribution in [0.1, 0.15) is 16.8 Å². The van der Waals surface area contributed by atoms with Crippen LogP contribution >= 0.6 is 0 Å². The van der Waals surface area contributed by atoms with E-state index >= 15 is 0 Å². The van der Waals surface area contributed by atoms with E-state index in [1.165, 1.54) is 0 Å². The first-order valence-electron chi connectivity index (χ1n) is 5.70. The van der Waals surface area contributed by atoms with Crippen molar-refractivity contribution in [2.24, 2.45) is 0 Å². The topological polar surface area (TPSA) is 54.5 Å². The first-order chi connectivity index (χ1) is 8.24. The van der Waals surface area contributed by atoms with Crippen molar-refractivity contribution in [1.82, 2.24) is 15.2 Å². The molecule has 1 N–H and O–H groups in total. The molecule has 0 saturated carbocycles. The molecule has 5 heteroatoms. The molecule has 2 heterocycles. The van der Waals surface area contributed by atoms with Gasteiger partial charge in [0.2, 0.25) is 0 Å². The Morgan fingerprint density at radius 2 is 2.47 bits per heavy atom. The van der Waals surface area contributed by atoms with E-state index in [2.05, 4.69) is 10.3 Å². The van der Waals surface area contributed by atoms with Gasteiger partial charge in [0.05, 0.1) is 18.9 Å². The molecule has 1 aromatic heterocycles. The standard InChI is InChI=1S/C12H17N3O2/c1-15(9-3-5-13-7-9)12(16)10-4-6-14-8-11(10)17-2/h4,6,8-9,13H,3,5,7H2,1-2H3. The largest absolute Gasteiger partial charge is 0.494 e. The lowest BCUT2D eigenvalue weighted by atomic mass is 10.1. The van der Waals surface area contributed by atoms with Gasteiger partial charge in [0.1, 0.15) is 5.75 Å². The zero-order valence-electron chi connectivity index (χ0n) is 10.1. The Balaban J connectivity index is 2.18. The number of ether oxygens (including phenoxy) is 1. The SMILES string of the molecule is COc1cnccc1C(=O)N(C)C1CCNC1. The Hall–Kier alpha value is -1.62. The smallest absolute Gasteiger partial charge is 0.257 e. The molecule has 0 spiro atoms. The third kappa shape index (κ3) is 2.39. The van der Waals surface area contributed by atoms with Crippen LogP contribution in [-0.4, -0.2) is 49.1 Å². The van der Waals surface area contributed by atoms with E-state index < -0.39 is 0 Å².